The van der Waals surface area contributed by atoms with Crippen molar-refractivity contribution < 1.29 is 4.79 Å². The van der Waals surface area contributed by atoms with Crippen LogP contribution in [-0.2, 0) is 4.79 Å². The Morgan fingerprint density at radius 3 is 2.93 bits per heavy atom. The molecule has 1 aromatic rings. The Morgan fingerprint density at radius 2 is 2.21 bits per heavy atom. The van der Waals surface area contributed by atoms with Gasteiger partial charge in [-0.1, -0.05) is 17.7 Å². The fourth-order valence-corrected chi connectivity index (χ4v) is 5.98. The van der Waals surface area contributed by atoms with Crippen LogP contribution in [0.5, 0.6) is 0 Å². The van der Waals surface area contributed by atoms with E-state index in [0.29, 0.717) is 22.4 Å². The van der Waals surface area contributed by atoms with E-state index in [1.807, 2.05) is 17.0 Å². The van der Waals surface area contributed by atoms with Crippen LogP contribution >= 0.6 is 11.6 Å². The third-order valence-electron chi connectivity index (χ3n) is 7.26. The molecule has 0 aromatic heterocycles. The largest absolute Gasteiger partial charge is 0.388 e. The zero-order valence-corrected chi connectivity index (χ0v) is 17.2. The van der Waals surface area contributed by atoms with Gasteiger partial charge in [-0.05, 0) is 63.0 Å². The van der Waals surface area contributed by atoms with Crippen molar-refractivity contribution in [2.24, 2.45) is 23.2 Å². The number of nitrogens with one attached hydrogen (secondary N) is 2. The predicted molar refractivity (Wildman–Crippen MR) is 111 cm³/mol. The molecule has 0 radical (unpaired) electrons. The summed E-state index contributed by atoms with van der Waals surface area (Å²) in [5.41, 5.74) is 1.36. The molecule has 2 N–H and O–H groups in total. The van der Waals surface area contributed by atoms with Crippen molar-refractivity contribution >= 4 is 28.9 Å². The minimum Gasteiger partial charge on any atom is -0.388 e. The van der Waals surface area contributed by atoms with Gasteiger partial charge in [-0.25, -0.2) is 0 Å². The number of rotatable bonds is 4. The number of hydrogen-bond acceptors (Lipinski definition) is 4. The highest BCUT2D eigenvalue weighted by Crippen LogP contribution is 2.55. The van der Waals surface area contributed by atoms with Crippen LogP contribution < -0.4 is 5.32 Å². The van der Waals surface area contributed by atoms with E-state index in [9.17, 15) is 10.1 Å². The molecule has 1 heterocycles. The van der Waals surface area contributed by atoms with Gasteiger partial charge in [0.15, 0.2) is 0 Å². The number of benzene rings is 1. The summed E-state index contributed by atoms with van der Waals surface area (Å²) in [4.78, 5) is 15.4. The lowest BCUT2D eigenvalue weighted by molar-refractivity contribution is -0.146. The first-order chi connectivity index (χ1) is 13.4. The van der Waals surface area contributed by atoms with Gasteiger partial charge in [0, 0.05) is 30.9 Å². The van der Waals surface area contributed by atoms with Gasteiger partial charge >= 0.3 is 0 Å². The van der Waals surface area contributed by atoms with Crippen molar-refractivity contribution in [1.82, 2.24) is 4.90 Å². The fourth-order valence-electron chi connectivity index (χ4n) is 5.70. The van der Waals surface area contributed by atoms with Gasteiger partial charge in [0.05, 0.1) is 28.1 Å². The molecule has 5 nitrogen and oxygen atoms in total. The summed E-state index contributed by atoms with van der Waals surface area (Å²) in [5, 5.41) is 22.0. The summed E-state index contributed by atoms with van der Waals surface area (Å²) in [6.45, 7) is 2.58. The van der Waals surface area contributed by atoms with E-state index >= 15 is 0 Å². The Labute approximate surface area is 171 Å². The molecule has 1 aromatic carbocycles. The second kappa shape index (κ2) is 7.08. The minimum absolute atomic E-state index is 0.00365. The molecule has 2 aliphatic carbocycles. The highest BCUT2D eigenvalue weighted by molar-refractivity contribution is 6.35. The summed E-state index contributed by atoms with van der Waals surface area (Å²) >= 11 is 6.37. The minimum atomic E-state index is -0.568. The molecular formula is C22H27ClN4O. The molecule has 1 saturated heterocycles. The molecule has 5 unspecified atom stereocenters. The first-order valence-electron chi connectivity index (χ1n) is 10.2. The molecule has 3 aliphatic rings. The molecule has 0 spiro atoms. The van der Waals surface area contributed by atoms with Crippen LogP contribution in [0.1, 0.15) is 44.6 Å². The van der Waals surface area contributed by atoms with Gasteiger partial charge in [0.2, 0.25) is 5.91 Å². The van der Waals surface area contributed by atoms with Gasteiger partial charge in [-0.15, -0.1) is 0 Å². The number of fused-ring (bicyclic) bond motifs is 2. The highest BCUT2D eigenvalue weighted by Gasteiger charge is 2.53. The molecule has 2 saturated carbocycles. The van der Waals surface area contributed by atoms with Crippen LogP contribution in [0.3, 0.4) is 0 Å². The Bertz CT molecular complexity index is 863. The molecule has 5 atom stereocenters. The number of carbonyl (C=O) groups excluding carboxylic acids is 1. The first-order valence-corrected chi connectivity index (χ1v) is 10.5. The Morgan fingerprint density at radius 1 is 1.43 bits per heavy atom. The average Bonchev–Trinajstić information content (AvgIpc) is 2.70. The predicted octanol–water partition coefficient (Wildman–Crippen LogP) is 4.32. The summed E-state index contributed by atoms with van der Waals surface area (Å²) in [6, 6.07) is 8.18. The van der Waals surface area contributed by atoms with Gasteiger partial charge in [0.1, 0.15) is 0 Å². The van der Waals surface area contributed by atoms with Gasteiger partial charge in [-0.3, -0.25) is 4.79 Å². The van der Waals surface area contributed by atoms with Crippen LogP contribution in [0, 0.1) is 39.9 Å². The van der Waals surface area contributed by atoms with E-state index in [1.54, 1.807) is 20.0 Å². The Kier molecular flexibility index (Phi) is 4.87. The average molecular weight is 399 g/mol. The maximum absolute atomic E-state index is 13.4. The molecule has 3 bridgehead atoms. The Hall–Kier alpha value is -2.06. The van der Waals surface area contributed by atoms with Crippen LogP contribution in [0.25, 0.3) is 0 Å². The number of hydrogen-bond donors (Lipinski definition) is 2. The van der Waals surface area contributed by atoms with E-state index in [2.05, 4.69) is 11.4 Å². The Balaban J connectivity index is 1.58. The monoisotopic (exact) mass is 398 g/mol. The van der Waals surface area contributed by atoms with Gasteiger partial charge in [0.25, 0.3) is 0 Å². The fraction of sp³-hybridized carbons (Fsp3) is 0.591. The topological polar surface area (TPSA) is 80.0 Å². The number of nitriles is 1. The van der Waals surface area contributed by atoms with Crippen molar-refractivity contribution in [3.63, 3.8) is 0 Å². The number of carbonyl (C=O) groups is 1. The molecular weight excluding hydrogens is 372 g/mol. The molecule has 6 heteroatoms. The first kappa shape index (κ1) is 19.3. The number of anilines is 1. The summed E-state index contributed by atoms with van der Waals surface area (Å²) < 4.78 is 0. The lowest BCUT2D eigenvalue weighted by Gasteiger charge is -2.56. The second-order valence-corrected chi connectivity index (χ2v) is 9.19. The van der Waals surface area contributed by atoms with Gasteiger partial charge < -0.3 is 15.6 Å². The second-order valence-electron chi connectivity index (χ2n) is 8.79. The number of likely N-dealkylation sites (tertiary alicyclic amines) is 1. The van der Waals surface area contributed by atoms with E-state index in [1.165, 1.54) is 0 Å². The van der Waals surface area contributed by atoms with Crippen molar-refractivity contribution in [2.75, 3.05) is 18.9 Å². The third-order valence-corrected chi connectivity index (χ3v) is 7.58. The molecule has 1 amide bonds. The standard InChI is InChI=1S/C22H27ClN4O/c1-13(20(25)19-17(23)4-3-5-18(19)26-2)21(28)27-11-14-6-7-22(12-24)9-15(14)8-16(27)10-22/h3-5,13-16,25-26H,6-11H2,1-2H3. The number of halogens is 1. The third kappa shape index (κ3) is 2.99. The number of nitrogens with zero attached hydrogens (tertiary/aromatic N) is 2. The van der Waals surface area contributed by atoms with Crippen LogP contribution in [-0.4, -0.2) is 36.2 Å². The molecule has 1 aliphatic heterocycles. The number of amides is 1. The van der Waals surface area contributed by atoms with Gasteiger partial charge in [-0.2, -0.15) is 5.26 Å². The van der Waals surface area contributed by atoms with E-state index in [4.69, 9.17) is 17.0 Å². The summed E-state index contributed by atoms with van der Waals surface area (Å²) in [5.74, 6) is 0.500. The lowest BCUT2D eigenvalue weighted by Crippen LogP contribution is -2.59. The van der Waals surface area contributed by atoms with Crippen LogP contribution in [0.15, 0.2) is 18.2 Å². The van der Waals surface area contributed by atoms with E-state index < -0.39 is 5.92 Å². The maximum atomic E-state index is 13.4. The lowest BCUT2D eigenvalue weighted by atomic mass is 9.55. The normalized spacial score (nSPS) is 31.8. The number of piperidine rings is 1. The van der Waals surface area contributed by atoms with Crippen molar-refractivity contribution in [3.8, 4) is 6.07 Å². The zero-order valence-electron chi connectivity index (χ0n) is 16.5. The smallest absolute Gasteiger partial charge is 0.231 e. The molecule has 4 rings (SSSR count). The van der Waals surface area contributed by atoms with E-state index in [0.717, 1.165) is 44.3 Å². The zero-order chi connectivity index (χ0) is 20.1. The SMILES string of the molecule is CNc1cccc(Cl)c1C(=N)C(C)C(=O)N1CC2CCC3(C#N)CC2CC1C3. The quantitative estimate of drug-likeness (QED) is 0.741. The molecule has 3 fully saturated rings. The molecule has 148 valence electrons. The van der Waals surface area contributed by atoms with E-state index in [-0.39, 0.29) is 23.1 Å². The highest BCUT2D eigenvalue weighted by atomic mass is 35.5. The van der Waals surface area contributed by atoms with Crippen molar-refractivity contribution in [1.29, 1.82) is 10.7 Å². The summed E-state index contributed by atoms with van der Waals surface area (Å²) in [6.07, 6.45) is 4.80. The van der Waals surface area contributed by atoms with Crippen molar-refractivity contribution in [3.05, 3.63) is 28.8 Å². The summed E-state index contributed by atoms with van der Waals surface area (Å²) in [7, 11) is 1.79. The molecule has 28 heavy (non-hydrogen) atoms. The van der Waals surface area contributed by atoms with Crippen LogP contribution in [0.2, 0.25) is 5.02 Å². The van der Waals surface area contributed by atoms with Crippen LogP contribution in [0.4, 0.5) is 5.69 Å². The maximum Gasteiger partial charge on any atom is 0.231 e. The van der Waals surface area contributed by atoms with Crippen molar-refractivity contribution in [2.45, 2.75) is 45.1 Å².